The van der Waals surface area contributed by atoms with Crippen LogP contribution in [0.1, 0.15) is 34.1 Å². The third-order valence-corrected chi connectivity index (χ3v) is 1.28. The Morgan fingerprint density at radius 3 is 1.82 bits per heavy atom. The third-order valence-electron chi connectivity index (χ3n) is 1.28. The lowest BCUT2D eigenvalue weighted by atomic mass is 9.99. The summed E-state index contributed by atoms with van der Waals surface area (Å²) in [5.41, 5.74) is 5.42. The minimum absolute atomic E-state index is 0.704. The van der Waals surface area contributed by atoms with Crippen molar-refractivity contribution in [2.24, 2.45) is 17.6 Å². The van der Waals surface area contributed by atoms with Gasteiger partial charge in [-0.25, -0.2) is 0 Å². The summed E-state index contributed by atoms with van der Waals surface area (Å²) in [5, 5.41) is 0. The van der Waals surface area contributed by atoms with Crippen molar-refractivity contribution in [1.82, 2.24) is 0 Å². The Hall–Kier alpha value is -0.370. The number of carbonyl (C=O) groups excluding carboxylic acids is 1. The molecule has 0 fully saturated rings. The minimum Gasteiger partial charge on any atom is -0.330 e. The van der Waals surface area contributed by atoms with Crippen LogP contribution in [-0.4, -0.2) is 12.8 Å². The van der Waals surface area contributed by atoms with Crippen LogP contribution in [0.3, 0.4) is 0 Å². The largest absolute Gasteiger partial charge is 0.330 e. The molecule has 2 N–H and O–H groups in total. The highest BCUT2D eigenvalue weighted by Crippen LogP contribution is 2.08. The van der Waals surface area contributed by atoms with Gasteiger partial charge in [0.05, 0.1) is 0 Å². The summed E-state index contributed by atoms with van der Waals surface area (Å²) < 4.78 is 0. The van der Waals surface area contributed by atoms with E-state index in [1.165, 1.54) is 13.3 Å². The molecular formula is C9H21NO. The van der Waals surface area contributed by atoms with Crippen molar-refractivity contribution in [3.05, 3.63) is 0 Å². The second-order valence-corrected chi connectivity index (χ2v) is 3.21. The summed E-state index contributed by atoms with van der Waals surface area (Å²) >= 11 is 0. The lowest BCUT2D eigenvalue weighted by Crippen LogP contribution is -2.12. The molecule has 0 aliphatic carbocycles. The average molecular weight is 159 g/mol. The van der Waals surface area contributed by atoms with E-state index >= 15 is 0 Å². The lowest BCUT2D eigenvalue weighted by Gasteiger charge is -2.09. The molecule has 0 bridgehead atoms. The van der Waals surface area contributed by atoms with Crippen LogP contribution in [0.2, 0.25) is 0 Å². The first-order valence-electron chi connectivity index (χ1n) is 4.18. The van der Waals surface area contributed by atoms with Gasteiger partial charge in [0.1, 0.15) is 6.29 Å². The third kappa shape index (κ3) is 17.7. The first kappa shape index (κ1) is 13.2. The SMILES string of the molecule is CC(C)CC(C)CN.CC=O. The summed E-state index contributed by atoms with van der Waals surface area (Å²) in [5.74, 6) is 1.50. The molecule has 0 spiro atoms. The van der Waals surface area contributed by atoms with Crippen LogP contribution in [0.25, 0.3) is 0 Å². The first-order valence-corrected chi connectivity index (χ1v) is 4.18. The summed E-state index contributed by atoms with van der Waals surface area (Å²) in [7, 11) is 0. The van der Waals surface area contributed by atoms with Gasteiger partial charge in [-0.05, 0) is 31.7 Å². The molecule has 0 saturated heterocycles. The molecule has 68 valence electrons. The van der Waals surface area contributed by atoms with E-state index in [0.29, 0.717) is 5.92 Å². The van der Waals surface area contributed by atoms with E-state index in [2.05, 4.69) is 20.8 Å². The van der Waals surface area contributed by atoms with E-state index in [-0.39, 0.29) is 0 Å². The summed E-state index contributed by atoms with van der Waals surface area (Å²) in [6.07, 6.45) is 2.01. The molecule has 0 rings (SSSR count). The van der Waals surface area contributed by atoms with Crippen molar-refractivity contribution in [1.29, 1.82) is 0 Å². The van der Waals surface area contributed by atoms with Crippen molar-refractivity contribution < 1.29 is 4.79 Å². The molecule has 1 atom stereocenters. The lowest BCUT2D eigenvalue weighted by molar-refractivity contribution is -0.106. The maximum atomic E-state index is 8.81. The zero-order chi connectivity index (χ0) is 9.28. The molecule has 11 heavy (non-hydrogen) atoms. The van der Waals surface area contributed by atoms with Gasteiger partial charge in [-0.2, -0.15) is 0 Å². The smallest absolute Gasteiger partial charge is 0.116 e. The fraction of sp³-hybridized carbons (Fsp3) is 0.889. The van der Waals surface area contributed by atoms with Gasteiger partial charge in [-0.15, -0.1) is 0 Å². The highest BCUT2D eigenvalue weighted by molar-refractivity contribution is 5.44. The predicted octanol–water partition coefficient (Wildman–Crippen LogP) is 1.83. The van der Waals surface area contributed by atoms with Gasteiger partial charge in [0.15, 0.2) is 0 Å². The molecule has 0 aromatic heterocycles. The van der Waals surface area contributed by atoms with Gasteiger partial charge in [-0.3, -0.25) is 0 Å². The maximum absolute atomic E-state index is 8.81. The summed E-state index contributed by atoms with van der Waals surface area (Å²) in [6, 6.07) is 0. The zero-order valence-electron chi connectivity index (χ0n) is 8.13. The number of carbonyl (C=O) groups is 1. The number of rotatable bonds is 3. The molecule has 2 heteroatoms. The van der Waals surface area contributed by atoms with Gasteiger partial charge < -0.3 is 10.5 Å². The van der Waals surface area contributed by atoms with E-state index in [0.717, 1.165) is 18.7 Å². The molecular weight excluding hydrogens is 138 g/mol. The fourth-order valence-corrected chi connectivity index (χ4v) is 0.901. The van der Waals surface area contributed by atoms with Crippen LogP contribution in [-0.2, 0) is 4.79 Å². The predicted molar refractivity (Wildman–Crippen MR) is 49.4 cm³/mol. The molecule has 0 aliphatic heterocycles. The van der Waals surface area contributed by atoms with Crippen molar-refractivity contribution in [2.45, 2.75) is 34.1 Å². The quantitative estimate of drug-likeness (QED) is 0.638. The molecule has 0 amide bonds. The number of hydrogen-bond acceptors (Lipinski definition) is 2. The van der Waals surface area contributed by atoms with Crippen molar-refractivity contribution in [2.75, 3.05) is 6.54 Å². The second kappa shape index (κ2) is 9.63. The second-order valence-electron chi connectivity index (χ2n) is 3.21. The monoisotopic (exact) mass is 159 g/mol. The Morgan fingerprint density at radius 1 is 1.36 bits per heavy atom. The van der Waals surface area contributed by atoms with Gasteiger partial charge in [-0.1, -0.05) is 20.8 Å². The van der Waals surface area contributed by atoms with Crippen LogP contribution in [0.5, 0.6) is 0 Å². The first-order chi connectivity index (χ1) is 5.08. The Bertz CT molecular complexity index is 81.6. The van der Waals surface area contributed by atoms with Gasteiger partial charge in [0.25, 0.3) is 0 Å². The number of hydrogen-bond donors (Lipinski definition) is 1. The Kier molecular flexibility index (Phi) is 11.6. The molecule has 1 unspecified atom stereocenters. The molecule has 0 heterocycles. The van der Waals surface area contributed by atoms with Crippen molar-refractivity contribution in [3.8, 4) is 0 Å². The van der Waals surface area contributed by atoms with E-state index in [1.807, 2.05) is 0 Å². The Labute approximate surface area is 70.2 Å². The van der Waals surface area contributed by atoms with E-state index < -0.39 is 0 Å². The maximum Gasteiger partial charge on any atom is 0.116 e. The molecule has 0 aliphatic rings. The zero-order valence-corrected chi connectivity index (χ0v) is 8.13. The average Bonchev–Trinajstić information content (AvgIpc) is 1.88. The van der Waals surface area contributed by atoms with E-state index in [4.69, 9.17) is 10.5 Å². The fourth-order valence-electron chi connectivity index (χ4n) is 0.901. The molecule has 0 radical (unpaired) electrons. The van der Waals surface area contributed by atoms with Crippen LogP contribution >= 0.6 is 0 Å². The van der Waals surface area contributed by atoms with Crippen LogP contribution < -0.4 is 5.73 Å². The summed E-state index contributed by atoms with van der Waals surface area (Å²) in [6.45, 7) is 8.93. The normalized spacial score (nSPS) is 11.8. The topological polar surface area (TPSA) is 43.1 Å². The standard InChI is InChI=1S/C7H17N.C2H4O/c1-6(2)4-7(3)5-8;1-2-3/h6-7H,4-5,8H2,1-3H3;2H,1H3. The Morgan fingerprint density at radius 2 is 1.73 bits per heavy atom. The summed E-state index contributed by atoms with van der Waals surface area (Å²) in [4.78, 5) is 8.81. The minimum atomic E-state index is 0.704. The molecule has 0 aromatic rings. The van der Waals surface area contributed by atoms with E-state index in [1.54, 1.807) is 0 Å². The number of aldehydes is 1. The molecule has 0 aromatic carbocycles. The van der Waals surface area contributed by atoms with Gasteiger partial charge in [0, 0.05) is 0 Å². The van der Waals surface area contributed by atoms with E-state index in [9.17, 15) is 0 Å². The van der Waals surface area contributed by atoms with Crippen LogP contribution in [0.4, 0.5) is 0 Å². The van der Waals surface area contributed by atoms with Crippen molar-refractivity contribution in [3.63, 3.8) is 0 Å². The highest BCUT2D eigenvalue weighted by atomic mass is 16.1. The van der Waals surface area contributed by atoms with Crippen LogP contribution in [0.15, 0.2) is 0 Å². The van der Waals surface area contributed by atoms with Crippen LogP contribution in [0, 0.1) is 11.8 Å². The van der Waals surface area contributed by atoms with Gasteiger partial charge >= 0.3 is 0 Å². The highest BCUT2D eigenvalue weighted by Gasteiger charge is 2.00. The Balaban J connectivity index is 0. The molecule has 0 saturated carbocycles. The molecule has 2 nitrogen and oxygen atoms in total. The van der Waals surface area contributed by atoms with Crippen molar-refractivity contribution >= 4 is 6.29 Å². The number of nitrogens with two attached hydrogens (primary N) is 1. The van der Waals surface area contributed by atoms with Gasteiger partial charge in [0.2, 0.25) is 0 Å².